The predicted molar refractivity (Wildman–Crippen MR) is 125 cm³/mol. The van der Waals surface area contributed by atoms with Crippen molar-refractivity contribution in [2.75, 3.05) is 37.6 Å². The van der Waals surface area contributed by atoms with Crippen LogP contribution in [-0.4, -0.2) is 55.3 Å². The molecule has 0 bridgehead atoms. The van der Waals surface area contributed by atoms with Crippen molar-refractivity contribution >= 4 is 23.4 Å². The third-order valence-electron chi connectivity index (χ3n) is 5.85. The molecular formula is C25H32N4O3. The average molecular weight is 437 g/mol. The van der Waals surface area contributed by atoms with E-state index < -0.39 is 0 Å². The van der Waals surface area contributed by atoms with E-state index in [1.807, 2.05) is 18.2 Å². The molecule has 170 valence electrons. The lowest BCUT2D eigenvalue weighted by atomic mass is 10.1. The lowest BCUT2D eigenvalue weighted by molar-refractivity contribution is -0.120. The Hall–Kier alpha value is -3.19. The molecule has 0 aliphatic carbocycles. The highest BCUT2D eigenvalue weighted by molar-refractivity contribution is 5.98. The number of benzene rings is 2. The van der Waals surface area contributed by atoms with Gasteiger partial charge in [0.2, 0.25) is 11.8 Å². The fraction of sp³-hybridized carbons (Fsp3) is 0.400. The molecule has 0 radical (unpaired) electrons. The van der Waals surface area contributed by atoms with Crippen LogP contribution in [0.1, 0.15) is 48.7 Å². The summed E-state index contributed by atoms with van der Waals surface area (Å²) in [6.45, 7) is 7.05. The van der Waals surface area contributed by atoms with Gasteiger partial charge in [0.15, 0.2) is 0 Å². The first kappa shape index (κ1) is 23.5. The smallest absolute Gasteiger partial charge is 0.251 e. The number of rotatable bonds is 10. The molecule has 3 rings (SSSR count). The molecule has 32 heavy (non-hydrogen) atoms. The lowest BCUT2D eigenvalue weighted by Crippen LogP contribution is -2.42. The van der Waals surface area contributed by atoms with Gasteiger partial charge in [0.05, 0.1) is 12.6 Å². The number of hydrogen-bond donors (Lipinski definition) is 2. The second-order valence-corrected chi connectivity index (χ2v) is 7.83. The SMILES string of the molecule is CCN(CC)C(CNC(=O)CNC(=O)c1ccc(N2CCCC2=O)cc1)c1ccccc1. The number of hydrogen-bond acceptors (Lipinski definition) is 4. The monoisotopic (exact) mass is 436 g/mol. The molecular weight excluding hydrogens is 404 g/mol. The van der Waals surface area contributed by atoms with Crippen molar-refractivity contribution in [2.45, 2.75) is 32.7 Å². The van der Waals surface area contributed by atoms with Crippen LogP contribution in [0.25, 0.3) is 0 Å². The van der Waals surface area contributed by atoms with Crippen LogP contribution in [-0.2, 0) is 9.59 Å². The van der Waals surface area contributed by atoms with Crippen LogP contribution >= 0.6 is 0 Å². The van der Waals surface area contributed by atoms with Gasteiger partial charge < -0.3 is 15.5 Å². The first-order valence-electron chi connectivity index (χ1n) is 11.3. The second kappa shape index (κ2) is 11.4. The van der Waals surface area contributed by atoms with Gasteiger partial charge in [-0.15, -0.1) is 0 Å². The Morgan fingerprint density at radius 3 is 2.28 bits per heavy atom. The van der Waals surface area contributed by atoms with E-state index in [4.69, 9.17) is 0 Å². The molecule has 0 saturated carbocycles. The van der Waals surface area contributed by atoms with Crippen LogP contribution in [0.2, 0.25) is 0 Å². The molecule has 1 saturated heterocycles. The third-order valence-corrected chi connectivity index (χ3v) is 5.85. The zero-order valence-corrected chi connectivity index (χ0v) is 18.8. The summed E-state index contributed by atoms with van der Waals surface area (Å²) >= 11 is 0. The van der Waals surface area contributed by atoms with E-state index >= 15 is 0 Å². The molecule has 2 aromatic carbocycles. The Balaban J connectivity index is 1.51. The van der Waals surface area contributed by atoms with Crippen LogP contribution in [0, 0.1) is 0 Å². The van der Waals surface area contributed by atoms with Crippen molar-refractivity contribution < 1.29 is 14.4 Å². The molecule has 2 N–H and O–H groups in total. The van der Waals surface area contributed by atoms with Gasteiger partial charge in [-0.3, -0.25) is 19.3 Å². The quantitative estimate of drug-likeness (QED) is 0.600. The highest BCUT2D eigenvalue weighted by Gasteiger charge is 2.22. The van der Waals surface area contributed by atoms with Gasteiger partial charge in [0, 0.05) is 30.8 Å². The molecule has 1 aliphatic heterocycles. The Bertz CT molecular complexity index is 911. The van der Waals surface area contributed by atoms with Crippen molar-refractivity contribution in [3.8, 4) is 0 Å². The third kappa shape index (κ3) is 5.95. The summed E-state index contributed by atoms with van der Waals surface area (Å²) in [5, 5.41) is 5.62. The molecule has 7 nitrogen and oxygen atoms in total. The van der Waals surface area contributed by atoms with Gasteiger partial charge in [0.1, 0.15) is 0 Å². The number of likely N-dealkylation sites (N-methyl/N-ethyl adjacent to an activating group) is 1. The molecule has 1 fully saturated rings. The molecule has 7 heteroatoms. The number of carbonyl (C=O) groups is 3. The zero-order valence-electron chi connectivity index (χ0n) is 18.8. The molecule has 1 unspecified atom stereocenters. The largest absolute Gasteiger partial charge is 0.353 e. The minimum Gasteiger partial charge on any atom is -0.353 e. The van der Waals surface area contributed by atoms with Crippen molar-refractivity contribution in [3.63, 3.8) is 0 Å². The van der Waals surface area contributed by atoms with E-state index in [0.717, 1.165) is 30.8 Å². The van der Waals surface area contributed by atoms with Crippen molar-refractivity contribution in [1.82, 2.24) is 15.5 Å². The standard InChI is InChI=1S/C25H32N4O3/c1-3-28(4-2)22(19-9-6-5-7-10-19)17-26-23(30)18-27-25(32)20-12-14-21(15-13-20)29-16-8-11-24(29)31/h5-7,9-10,12-15,22H,3-4,8,11,16-18H2,1-2H3,(H,26,30)(H,27,32). The van der Waals surface area contributed by atoms with Crippen LogP contribution in [0.3, 0.4) is 0 Å². The maximum absolute atomic E-state index is 12.4. The number of carbonyl (C=O) groups excluding carboxylic acids is 3. The minimum atomic E-state index is -0.317. The number of anilines is 1. The first-order chi connectivity index (χ1) is 15.5. The van der Waals surface area contributed by atoms with Gasteiger partial charge in [-0.05, 0) is 49.3 Å². The van der Waals surface area contributed by atoms with E-state index in [-0.39, 0.29) is 30.3 Å². The summed E-state index contributed by atoms with van der Waals surface area (Å²) in [7, 11) is 0. The summed E-state index contributed by atoms with van der Waals surface area (Å²) in [5.41, 5.74) is 2.40. The summed E-state index contributed by atoms with van der Waals surface area (Å²) in [6, 6.07) is 17.1. The average Bonchev–Trinajstić information content (AvgIpc) is 3.26. The van der Waals surface area contributed by atoms with Crippen molar-refractivity contribution in [1.29, 1.82) is 0 Å². The zero-order chi connectivity index (χ0) is 22.9. The Morgan fingerprint density at radius 2 is 1.69 bits per heavy atom. The number of amides is 3. The summed E-state index contributed by atoms with van der Waals surface area (Å²) in [4.78, 5) is 40.7. The molecule has 0 aromatic heterocycles. The van der Waals surface area contributed by atoms with Crippen molar-refractivity contribution in [3.05, 3.63) is 65.7 Å². The van der Waals surface area contributed by atoms with Gasteiger partial charge in [0.25, 0.3) is 5.91 Å². The van der Waals surface area contributed by atoms with E-state index in [2.05, 4.69) is 41.5 Å². The second-order valence-electron chi connectivity index (χ2n) is 7.83. The minimum absolute atomic E-state index is 0.0756. The number of nitrogens with zero attached hydrogens (tertiary/aromatic N) is 2. The van der Waals surface area contributed by atoms with Gasteiger partial charge in [-0.1, -0.05) is 44.2 Å². The van der Waals surface area contributed by atoms with E-state index in [1.54, 1.807) is 29.2 Å². The lowest BCUT2D eigenvalue weighted by Gasteiger charge is -2.30. The molecule has 1 atom stereocenters. The van der Waals surface area contributed by atoms with Crippen LogP contribution in [0.5, 0.6) is 0 Å². The summed E-state index contributed by atoms with van der Waals surface area (Å²) < 4.78 is 0. The van der Waals surface area contributed by atoms with E-state index in [1.165, 1.54) is 0 Å². The Morgan fingerprint density at radius 1 is 1.00 bits per heavy atom. The molecule has 2 aromatic rings. The molecule has 3 amide bonds. The van der Waals surface area contributed by atoms with Gasteiger partial charge >= 0.3 is 0 Å². The van der Waals surface area contributed by atoms with E-state index in [0.29, 0.717) is 25.1 Å². The highest BCUT2D eigenvalue weighted by Crippen LogP contribution is 2.22. The summed E-state index contributed by atoms with van der Waals surface area (Å²) in [6.07, 6.45) is 1.42. The molecule has 0 spiro atoms. The maximum atomic E-state index is 12.4. The fourth-order valence-corrected chi connectivity index (χ4v) is 4.05. The van der Waals surface area contributed by atoms with Crippen LogP contribution in [0.4, 0.5) is 5.69 Å². The molecule has 1 aliphatic rings. The fourth-order valence-electron chi connectivity index (χ4n) is 4.05. The molecule has 1 heterocycles. The Labute approximate surface area is 189 Å². The highest BCUT2D eigenvalue weighted by atomic mass is 16.2. The summed E-state index contributed by atoms with van der Waals surface area (Å²) in [5.74, 6) is -0.439. The van der Waals surface area contributed by atoms with Crippen molar-refractivity contribution in [2.24, 2.45) is 0 Å². The predicted octanol–water partition coefficient (Wildman–Crippen LogP) is 2.74. The normalized spacial score (nSPS) is 14.5. The van der Waals surface area contributed by atoms with Gasteiger partial charge in [-0.2, -0.15) is 0 Å². The topological polar surface area (TPSA) is 81.8 Å². The first-order valence-corrected chi connectivity index (χ1v) is 11.3. The van der Waals surface area contributed by atoms with E-state index in [9.17, 15) is 14.4 Å². The van der Waals surface area contributed by atoms with Crippen LogP contribution < -0.4 is 15.5 Å². The van der Waals surface area contributed by atoms with Crippen LogP contribution in [0.15, 0.2) is 54.6 Å². The Kier molecular flexibility index (Phi) is 8.39. The van der Waals surface area contributed by atoms with Gasteiger partial charge in [-0.25, -0.2) is 0 Å². The number of nitrogens with one attached hydrogen (secondary N) is 2. The maximum Gasteiger partial charge on any atom is 0.251 e.